The zero-order chi connectivity index (χ0) is 23.4. The predicted octanol–water partition coefficient (Wildman–Crippen LogP) is 3.36. The van der Waals surface area contributed by atoms with Crippen LogP contribution in [0.4, 0.5) is 0 Å². The Hall–Kier alpha value is -2.13. The summed E-state index contributed by atoms with van der Waals surface area (Å²) in [5.74, 6) is 1.49. The predicted molar refractivity (Wildman–Crippen MR) is 129 cm³/mol. The van der Waals surface area contributed by atoms with Crippen LogP contribution in [0.1, 0.15) is 30.4 Å². The molecule has 7 nitrogen and oxygen atoms in total. The Kier molecular flexibility index (Phi) is 10.5. The van der Waals surface area contributed by atoms with E-state index in [1.54, 1.807) is 7.11 Å². The third kappa shape index (κ3) is 9.33. The molecule has 0 amide bonds. The smallest absolute Gasteiger partial charge is 0.211 e. The molecule has 1 unspecified atom stereocenters. The van der Waals surface area contributed by atoms with E-state index in [0.717, 1.165) is 36.3 Å². The van der Waals surface area contributed by atoms with Crippen LogP contribution < -0.4 is 14.2 Å². The summed E-state index contributed by atoms with van der Waals surface area (Å²) in [6, 6.07) is 15.5. The van der Waals surface area contributed by atoms with Gasteiger partial charge in [0.25, 0.3) is 0 Å². The lowest BCUT2D eigenvalue weighted by Gasteiger charge is -2.16. The lowest BCUT2D eigenvalue weighted by molar-refractivity contribution is 0.0674. The Labute approximate surface area is 197 Å². The largest absolute Gasteiger partial charge is 0.491 e. The van der Waals surface area contributed by atoms with Crippen LogP contribution in [-0.2, 0) is 32.3 Å². The van der Waals surface area contributed by atoms with Gasteiger partial charge in [-0.15, -0.1) is 0 Å². The van der Waals surface area contributed by atoms with Crippen molar-refractivity contribution in [3.63, 3.8) is 0 Å². The first-order valence-electron chi connectivity index (χ1n) is 11.6. The van der Waals surface area contributed by atoms with Crippen LogP contribution >= 0.6 is 0 Å². The number of sulfonamides is 1. The van der Waals surface area contributed by atoms with Crippen molar-refractivity contribution in [1.82, 2.24) is 4.72 Å². The maximum Gasteiger partial charge on any atom is 0.211 e. The van der Waals surface area contributed by atoms with Crippen molar-refractivity contribution in [3.05, 3.63) is 59.7 Å². The highest BCUT2D eigenvalue weighted by Crippen LogP contribution is 2.27. The molecule has 8 heteroatoms. The molecule has 3 rings (SSSR count). The van der Waals surface area contributed by atoms with Crippen LogP contribution in [0.15, 0.2) is 48.5 Å². The number of rotatable bonds is 15. The van der Waals surface area contributed by atoms with Crippen LogP contribution in [0.25, 0.3) is 0 Å². The Morgan fingerprint density at radius 1 is 1.06 bits per heavy atom. The monoisotopic (exact) mass is 477 g/mol. The van der Waals surface area contributed by atoms with Gasteiger partial charge in [-0.25, -0.2) is 13.1 Å². The summed E-state index contributed by atoms with van der Waals surface area (Å²) in [6.07, 6.45) is 3.92. The maximum atomic E-state index is 12.4. The lowest BCUT2D eigenvalue weighted by Crippen LogP contribution is -2.28. The molecule has 1 atom stereocenters. The zero-order valence-electron chi connectivity index (χ0n) is 19.3. The second-order valence-electron chi connectivity index (χ2n) is 8.11. The second-order valence-corrected chi connectivity index (χ2v) is 10.0. The Morgan fingerprint density at radius 3 is 2.67 bits per heavy atom. The maximum absolute atomic E-state index is 12.4. The summed E-state index contributed by atoms with van der Waals surface area (Å²) in [5, 5.41) is 0. The number of ether oxygens (including phenoxy) is 4. The zero-order valence-corrected chi connectivity index (χ0v) is 20.1. The molecule has 0 aliphatic carbocycles. The molecule has 0 radical (unpaired) electrons. The third-order valence-corrected chi connectivity index (χ3v) is 6.95. The number of hydrogen-bond donors (Lipinski definition) is 1. The van der Waals surface area contributed by atoms with Crippen molar-refractivity contribution >= 4 is 10.0 Å². The molecular formula is C25H35NO6S. The molecule has 1 aliphatic rings. The number of methoxy groups -OCH3 is 1. The average molecular weight is 478 g/mol. The van der Waals surface area contributed by atoms with Gasteiger partial charge in [0, 0.05) is 26.3 Å². The van der Waals surface area contributed by atoms with Crippen molar-refractivity contribution in [2.24, 2.45) is 0 Å². The number of nitrogens with one attached hydrogen (secondary N) is 1. The van der Waals surface area contributed by atoms with Crippen LogP contribution in [0.5, 0.6) is 11.5 Å². The van der Waals surface area contributed by atoms with E-state index in [-0.39, 0.29) is 11.9 Å². The molecule has 1 saturated heterocycles. The van der Waals surface area contributed by atoms with Crippen molar-refractivity contribution < 1.29 is 27.4 Å². The minimum atomic E-state index is -3.33. The summed E-state index contributed by atoms with van der Waals surface area (Å²) in [5.41, 5.74) is 2.08. The molecule has 0 spiro atoms. The van der Waals surface area contributed by atoms with E-state index in [1.807, 2.05) is 48.5 Å². The quantitative estimate of drug-likeness (QED) is 0.396. The minimum Gasteiger partial charge on any atom is -0.491 e. The molecule has 182 valence electrons. The number of hydrogen-bond acceptors (Lipinski definition) is 6. The van der Waals surface area contributed by atoms with E-state index >= 15 is 0 Å². The Balaban J connectivity index is 1.51. The van der Waals surface area contributed by atoms with E-state index in [1.165, 1.54) is 0 Å². The first-order valence-corrected chi connectivity index (χ1v) is 13.2. The second kappa shape index (κ2) is 13.5. The topological polar surface area (TPSA) is 83.1 Å². The molecule has 1 N–H and O–H groups in total. The van der Waals surface area contributed by atoms with E-state index < -0.39 is 10.0 Å². The van der Waals surface area contributed by atoms with Gasteiger partial charge in [-0.05, 0) is 49.3 Å². The van der Waals surface area contributed by atoms with Crippen LogP contribution in [0.2, 0.25) is 0 Å². The lowest BCUT2D eigenvalue weighted by atomic mass is 10.1. The van der Waals surface area contributed by atoms with E-state index in [0.29, 0.717) is 51.4 Å². The van der Waals surface area contributed by atoms with Gasteiger partial charge in [0.1, 0.15) is 24.7 Å². The standard InChI is InChI=1S/C25H35NO6S/c1-29-16-17-31-23-12-11-22(25(19-23)32-20-24-10-5-15-30-24)9-6-18-33(27,28)26-14-13-21-7-3-2-4-8-21/h2-4,7-8,11-12,19,24,26H,5-6,9-10,13-18,20H2,1H3. The molecule has 1 aliphatic heterocycles. The number of benzene rings is 2. The van der Waals surface area contributed by atoms with Crippen LogP contribution in [0, 0.1) is 0 Å². The summed E-state index contributed by atoms with van der Waals surface area (Å²) >= 11 is 0. The minimum absolute atomic E-state index is 0.0685. The van der Waals surface area contributed by atoms with Gasteiger partial charge in [-0.3, -0.25) is 0 Å². The third-order valence-electron chi connectivity index (χ3n) is 5.48. The fraction of sp³-hybridized carbons (Fsp3) is 0.520. The highest BCUT2D eigenvalue weighted by Gasteiger charge is 2.18. The molecule has 0 saturated carbocycles. The highest BCUT2D eigenvalue weighted by atomic mass is 32.2. The number of aryl methyl sites for hydroxylation is 1. The van der Waals surface area contributed by atoms with Gasteiger partial charge < -0.3 is 18.9 Å². The first kappa shape index (κ1) is 25.5. The summed E-state index contributed by atoms with van der Waals surface area (Å²) < 4.78 is 50.0. The summed E-state index contributed by atoms with van der Waals surface area (Å²) in [4.78, 5) is 0. The van der Waals surface area contributed by atoms with E-state index in [4.69, 9.17) is 18.9 Å². The van der Waals surface area contributed by atoms with Crippen molar-refractivity contribution in [3.8, 4) is 11.5 Å². The Bertz CT molecular complexity index is 929. The van der Waals surface area contributed by atoms with Gasteiger partial charge in [-0.1, -0.05) is 36.4 Å². The van der Waals surface area contributed by atoms with Gasteiger partial charge in [-0.2, -0.15) is 0 Å². The fourth-order valence-electron chi connectivity index (χ4n) is 3.69. The molecule has 1 fully saturated rings. The molecule has 1 heterocycles. The molecule has 2 aromatic rings. The van der Waals surface area contributed by atoms with Crippen molar-refractivity contribution in [2.45, 2.75) is 38.2 Å². The summed E-state index contributed by atoms with van der Waals surface area (Å²) in [6.45, 7) is 2.61. The molecule has 2 aromatic carbocycles. The van der Waals surface area contributed by atoms with E-state index in [2.05, 4.69) is 4.72 Å². The first-order chi connectivity index (χ1) is 16.1. The SMILES string of the molecule is COCCOc1ccc(CCCS(=O)(=O)NCCc2ccccc2)c(OCC2CCCO2)c1. The van der Waals surface area contributed by atoms with Gasteiger partial charge >= 0.3 is 0 Å². The summed E-state index contributed by atoms with van der Waals surface area (Å²) in [7, 11) is -1.70. The van der Waals surface area contributed by atoms with Crippen molar-refractivity contribution in [1.29, 1.82) is 0 Å². The van der Waals surface area contributed by atoms with Crippen LogP contribution in [0.3, 0.4) is 0 Å². The van der Waals surface area contributed by atoms with Gasteiger partial charge in [0.05, 0.1) is 18.5 Å². The van der Waals surface area contributed by atoms with Gasteiger partial charge in [0.2, 0.25) is 10.0 Å². The average Bonchev–Trinajstić information content (AvgIpc) is 3.33. The molecule has 0 bridgehead atoms. The normalized spacial score (nSPS) is 16.1. The van der Waals surface area contributed by atoms with Gasteiger partial charge in [0.15, 0.2) is 0 Å². The van der Waals surface area contributed by atoms with Crippen LogP contribution in [-0.4, -0.2) is 60.4 Å². The molecule has 0 aromatic heterocycles. The highest BCUT2D eigenvalue weighted by molar-refractivity contribution is 7.89. The molecular weight excluding hydrogens is 442 g/mol. The molecule has 33 heavy (non-hydrogen) atoms. The Morgan fingerprint density at radius 2 is 1.91 bits per heavy atom. The van der Waals surface area contributed by atoms with E-state index in [9.17, 15) is 8.42 Å². The van der Waals surface area contributed by atoms with Crippen molar-refractivity contribution in [2.75, 3.05) is 45.8 Å². The fourth-order valence-corrected chi connectivity index (χ4v) is 4.77.